The third kappa shape index (κ3) is 5.25. The van der Waals surface area contributed by atoms with Crippen molar-refractivity contribution in [2.75, 3.05) is 11.9 Å². The molecule has 1 heterocycles. The van der Waals surface area contributed by atoms with Gasteiger partial charge in [-0.05, 0) is 55.2 Å². The van der Waals surface area contributed by atoms with Gasteiger partial charge in [-0.3, -0.25) is 9.36 Å². The first-order chi connectivity index (χ1) is 14.8. The molecule has 0 aliphatic rings. The molecule has 3 rings (SSSR count). The minimum Gasteiger partial charge on any atom is -0.314 e. The lowest BCUT2D eigenvalue weighted by Gasteiger charge is -2.32. The predicted molar refractivity (Wildman–Crippen MR) is 127 cm³/mol. The summed E-state index contributed by atoms with van der Waals surface area (Å²) in [6.07, 6.45) is 1.47. The van der Waals surface area contributed by atoms with Crippen LogP contribution in [-0.2, 0) is 7.05 Å². The van der Waals surface area contributed by atoms with Crippen LogP contribution in [0.15, 0.2) is 53.3 Å². The Bertz CT molecular complexity index is 1110. The highest BCUT2D eigenvalue weighted by Crippen LogP contribution is 2.25. The van der Waals surface area contributed by atoms with E-state index in [2.05, 4.69) is 19.2 Å². The number of anilines is 1. The summed E-state index contributed by atoms with van der Waals surface area (Å²) in [6.45, 7) is 6.81. The molecule has 1 atom stereocenters. The average Bonchev–Trinajstić information content (AvgIpc) is 2.75. The van der Waals surface area contributed by atoms with Gasteiger partial charge in [-0.25, -0.2) is 9.78 Å². The largest absolute Gasteiger partial charge is 0.322 e. The molecule has 0 saturated carbocycles. The summed E-state index contributed by atoms with van der Waals surface area (Å²) in [6, 6.07) is 13.8. The number of carbonyl (C=O) groups is 1. The Morgan fingerprint density at radius 1 is 1.16 bits per heavy atom. The highest BCUT2D eigenvalue weighted by Gasteiger charge is 2.28. The van der Waals surface area contributed by atoms with E-state index in [0.717, 1.165) is 6.42 Å². The second-order valence-electron chi connectivity index (χ2n) is 8.09. The van der Waals surface area contributed by atoms with Crippen LogP contribution in [0.4, 0.5) is 10.5 Å². The maximum Gasteiger partial charge on any atom is 0.322 e. The van der Waals surface area contributed by atoms with Crippen LogP contribution in [0.3, 0.4) is 0 Å². The van der Waals surface area contributed by atoms with Crippen LogP contribution in [0, 0.1) is 5.92 Å². The molecule has 1 N–H and O–H groups in total. The maximum absolute atomic E-state index is 13.3. The van der Waals surface area contributed by atoms with Crippen LogP contribution in [0.2, 0.25) is 5.02 Å². The van der Waals surface area contributed by atoms with E-state index in [0.29, 0.717) is 46.3 Å². The molecular formula is C24H29ClN4O2. The van der Waals surface area contributed by atoms with E-state index in [9.17, 15) is 9.59 Å². The van der Waals surface area contributed by atoms with Crippen molar-refractivity contribution < 1.29 is 4.79 Å². The number of fused-ring (bicyclic) bond motifs is 1. The average molecular weight is 441 g/mol. The summed E-state index contributed by atoms with van der Waals surface area (Å²) in [5.74, 6) is 1.01. The SMILES string of the molecule is CCC(c1nc2ccccc2c(=O)n1C)N(CCC(C)C)C(=O)Nc1ccc(Cl)cc1. The minimum absolute atomic E-state index is 0.110. The van der Waals surface area contributed by atoms with E-state index in [1.165, 1.54) is 0 Å². The van der Waals surface area contributed by atoms with Crippen molar-refractivity contribution in [1.29, 1.82) is 0 Å². The fourth-order valence-corrected chi connectivity index (χ4v) is 3.73. The molecule has 7 heteroatoms. The zero-order valence-electron chi connectivity index (χ0n) is 18.4. The Labute approximate surface area is 187 Å². The lowest BCUT2D eigenvalue weighted by Crippen LogP contribution is -2.41. The van der Waals surface area contributed by atoms with E-state index in [1.807, 2.05) is 25.1 Å². The molecule has 0 spiro atoms. The number of hydrogen-bond donors (Lipinski definition) is 1. The summed E-state index contributed by atoms with van der Waals surface area (Å²) in [7, 11) is 1.72. The molecule has 1 unspecified atom stereocenters. The van der Waals surface area contributed by atoms with Crippen molar-refractivity contribution in [2.45, 2.75) is 39.7 Å². The molecule has 31 heavy (non-hydrogen) atoms. The van der Waals surface area contributed by atoms with E-state index in [1.54, 1.807) is 46.8 Å². The maximum atomic E-state index is 13.3. The van der Waals surface area contributed by atoms with Gasteiger partial charge >= 0.3 is 6.03 Å². The van der Waals surface area contributed by atoms with Gasteiger partial charge in [-0.1, -0.05) is 44.5 Å². The van der Waals surface area contributed by atoms with Crippen LogP contribution in [0.5, 0.6) is 0 Å². The summed E-state index contributed by atoms with van der Waals surface area (Å²) in [5, 5.41) is 4.14. The molecule has 1 aromatic heterocycles. The number of rotatable bonds is 7. The molecule has 0 aliphatic carbocycles. The van der Waals surface area contributed by atoms with Crippen molar-refractivity contribution in [2.24, 2.45) is 13.0 Å². The zero-order chi connectivity index (χ0) is 22.5. The number of halogens is 1. The summed E-state index contributed by atoms with van der Waals surface area (Å²) < 4.78 is 1.56. The summed E-state index contributed by atoms with van der Waals surface area (Å²) in [4.78, 5) is 32.8. The number of benzene rings is 2. The zero-order valence-corrected chi connectivity index (χ0v) is 19.2. The molecular weight excluding hydrogens is 412 g/mol. The number of hydrogen-bond acceptors (Lipinski definition) is 3. The Hall–Kier alpha value is -2.86. The smallest absolute Gasteiger partial charge is 0.314 e. The molecule has 6 nitrogen and oxygen atoms in total. The summed E-state index contributed by atoms with van der Waals surface area (Å²) >= 11 is 5.96. The highest BCUT2D eigenvalue weighted by atomic mass is 35.5. The van der Waals surface area contributed by atoms with E-state index >= 15 is 0 Å². The van der Waals surface area contributed by atoms with Gasteiger partial charge in [0.15, 0.2) is 0 Å². The lowest BCUT2D eigenvalue weighted by molar-refractivity contribution is 0.176. The molecule has 0 bridgehead atoms. The van der Waals surface area contributed by atoms with Crippen LogP contribution in [0.1, 0.15) is 45.5 Å². The third-order valence-corrected chi connectivity index (χ3v) is 5.63. The van der Waals surface area contributed by atoms with Gasteiger partial charge in [-0.15, -0.1) is 0 Å². The molecule has 164 valence electrons. The molecule has 0 aliphatic heterocycles. The normalized spacial score (nSPS) is 12.2. The first-order valence-corrected chi connectivity index (χ1v) is 11.0. The van der Waals surface area contributed by atoms with Crippen LogP contribution in [-0.4, -0.2) is 27.0 Å². The number of urea groups is 1. The highest BCUT2D eigenvalue weighted by molar-refractivity contribution is 6.30. The van der Waals surface area contributed by atoms with Crippen molar-refractivity contribution in [3.8, 4) is 0 Å². The van der Waals surface area contributed by atoms with Crippen molar-refractivity contribution in [3.05, 3.63) is 69.7 Å². The van der Waals surface area contributed by atoms with Gasteiger partial charge in [0, 0.05) is 24.3 Å². The van der Waals surface area contributed by atoms with E-state index < -0.39 is 0 Å². The Morgan fingerprint density at radius 2 is 1.84 bits per heavy atom. The number of amides is 2. The molecule has 0 fully saturated rings. The number of carbonyl (C=O) groups excluding carboxylic acids is 1. The minimum atomic E-state index is -0.339. The van der Waals surface area contributed by atoms with Gasteiger partial charge in [-0.2, -0.15) is 0 Å². The van der Waals surface area contributed by atoms with Crippen molar-refractivity contribution in [3.63, 3.8) is 0 Å². The van der Waals surface area contributed by atoms with E-state index in [-0.39, 0.29) is 17.6 Å². The van der Waals surface area contributed by atoms with Gasteiger partial charge in [0.1, 0.15) is 5.82 Å². The first-order valence-electron chi connectivity index (χ1n) is 10.6. The number of aromatic nitrogens is 2. The number of para-hydroxylation sites is 1. The van der Waals surface area contributed by atoms with Crippen LogP contribution >= 0.6 is 11.6 Å². The predicted octanol–water partition coefficient (Wildman–Crippen LogP) is 5.62. The molecule has 2 aromatic carbocycles. The van der Waals surface area contributed by atoms with Gasteiger partial charge < -0.3 is 10.2 Å². The fourth-order valence-electron chi connectivity index (χ4n) is 3.60. The molecule has 2 amide bonds. The number of nitrogens with zero attached hydrogens (tertiary/aromatic N) is 3. The number of nitrogens with one attached hydrogen (secondary N) is 1. The second kappa shape index (κ2) is 9.96. The first kappa shape index (κ1) is 22.8. The van der Waals surface area contributed by atoms with Gasteiger partial charge in [0.2, 0.25) is 0 Å². The fraction of sp³-hybridized carbons (Fsp3) is 0.375. The van der Waals surface area contributed by atoms with Gasteiger partial charge in [0.05, 0.1) is 16.9 Å². The second-order valence-corrected chi connectivity index (χ2v) is 8.52. The Kier molecular flexibility index (Phi) is 7.33. The van der Waals surface area contributed by atoms with Crippen molar-refractivity contribution >= 4 is 34.2 Å². The third-order valence-electron chi connectivity index (χ3n) is 5.38. The van der Waals surface area contributed by atoms with Crippen molar-refractivity contribution in [1.82, 2.24) is 14.5 Å². The van der Waals surface area contributed by atoms with Gasteiger partial charge in [0.25, 0.3) is 5.56 Å². The topological polar surface area (TPSA) is 67.2 Å². The van der Waals surface area contributed by atoms with Crippen LogP contribution < -0.4 is 10.9 Å². The van der Waals surface area contributed by atoms with E-state index in [4.69, 9.17) is 16.6 Å². The summed E-state index contributed by atoms with van der Waals surface area (Å²) in [5.41, 5.74) is 1.20. The Balaban J connectivity index is 2.00. The molecule has 3 aromatic rings. The van der Waals surface area contributed by atoms with Crippen LogP contribution in [0.25, 0.3) is 10.9 Å². The molecule has 0 saturated heterocycles. The molecule has 0 radical (unpaired) electrons. The standard InChI is InChI=1S/C24H29ClN4O2/c1-5-21(22-27-20-9-7-6-8-19(20)23(30)28(22)4)29(15-14-16(2)3)24(31)26-18-12-10-17(25)11-13-18/h6-13,16,21H,5,14-15H2,1-4H3,(H,26,31). The Morgan fingerprint density at radius 3 is 2.48 bits per heavy atom. The quantitative estimate of drug-likeness (QED) is 0.518. The lowest BCUT2D eigenvalue weighted by atomic mass is 10.1. The monoisotopic (exact) mass is 440 g/mol.